The summed E-state index contributed by atoms with van der Waals surface area (Å²) in [6, 6.07) is 5.02. The van der Waals surface area contributed by atoms with Crippen LogP contribution in [0.4, 0.5) is 0 Å². The predicted molar refractivity (Wildman–Crippen MR) is 60.5 cm³/mol. The van der Waals surface area contributed by atoms with Gasteiger partial charge in [-0.25, -0.2) is 0 Å². The van der Waals surface area contributed by atoms with E-state index in [1.54, 1.807) is 18.2 Å². The SMILES string of the molecule is CC(NCC(=O)O)c1ccc(Cl)cc1Cl. The molecule has 1 atom stereocenters. The van der Waals surface area contributed by atoms with Crippen molar-refractivity contribution in [1.29, 1.82) is 0 Å². The summed E-state index contributed by atoms with van der Waals surface area (Å²) >= 11 is 11.7. The summed E-state index contributed by atoms with van der Waals surface area (Å²) in [6.07, 6.45) is 0. The van der Waals surface area contributed by atoms with Gasteiger partial charge in [-0.3, -0.25) is 4.79 Å². The van der Waals surface area contributed by atoms with E-state index in [9.17, 15) is 4.79 Å². The highest BCUT2D eigenvalue weighted by atomic mass is 35.5. The smallest absolute Gasteiger partial charge is 0.317 e. The van der Waals surface area contributed by atoms with Crippen molar-refractivity contribution >= 4 is 29.2 Å². The van der Waals surface area contributed by atoms with E-state index in [0.717, 1.165) is 5.56 Å². The molecule has 1 aromatic carbocycles. The number of nitrogens with one attached hydrogen (secondary N) is 1. The van der Waals surface area contributed by atoms with Gasteiger partial charge in [-0.05, 0) is 24.6 Å². The molecule has 2 N–H and O–H groups in total. The first kappa shape index (κ1) is 12.3. The molecule has 0 aliphatic heterocycles. The summed E-state index contributed by atoms with van der Waals surface area (Å²) < 4.78 is 0. The Kier molecular flexibility index (Phi) is 4.39. The Morgan fingerprint density at radius 2 is 2.20 bits per heavy atom. The topological polar surface area (TPSA) is 49.3 Å². The normalized spacial score (nSPS) is 12.5. The third kappa shape index (κ3) is 3.70. The maximum absolute atomic E-state index is 10.4. The second-order valence-electron chi connectivity index (χ2n) is 3.16. The van der Waals surface area contributed by atoms with Gasteiger partial charge in [0.1, 0.15) is 0 Å². The average molecular weight is 248 g/mol. The van der Waals surface area contributed by atoms with Crippen molar-refractivity contribution in [2.24, 2.45) is 0 Å². The van der Waals surface area contributed by atoms with Crippen molar-refractivity contribution < 1.29 is 9.90 Å². The molecule has 0 radical (unpaired) electrons. The van der Waals surface area contributed by atoms with E-state index in [4.69, 9.17) is 28.3 Å². The standard InChI is InChI=1S/C10H11Cl2NO2/c1-6(13-5-10(14)15)8-3-2-7(11)4-9(8)12/h2-4,6,13H,5H2,1H3,(H,14,15). The van der Waals surface area contributed by atoms with Crippen LogP contribution >= 0.6 is 23.2 Å². The summed E-state index contributed by atoms with van der Waals surface area (Å²) in [5.41, 5.74) is 0.835. The number of carbonyl (C=O) groups is 1. The van der Waals surface area contributed by atoms with E-state index < -0.39 is 5.97 Å². The van der Waals surface area contributed by atoms with Crippen LogP contribution in [0.1, 0.15) is 18.5 Å². The lowest BCUT2D eigenvalue weighted by Gasteiger charge is -2.14. The van der Waals surface area contributed by atoms with E-state index >= 15 is 0 Å². The molecule has 5 heteroatoms. The molecule has 1 unspecified atom stereocenters. The molecule has 0 spiro atoms. The van der Waals surface area contributed by atoms with Gasteiger partial charge in [0, 0.05) is 16.1 Å². The second-order valence-corrected chi connectivity index (χ2v) is 4.01. The summed E-state index contributed by atoms with van der Waals surface area (Å²) in [6.45, 7) is 1.75. The highest BCUT2D eigenvalue weighted by Crippen LogP contribution is 2.25. The van der Waals surface area contributed by atoms with E-state index in [2.05, 4.69) is 5.32 Å². The maximum atomic E-state index is 10.4. The third-order valence-corrected chi connectivity index (χ3v) is 2.55. The van der Waals surface area contributed by atoms with Crippen LogP contribution in [0.5, 0.6) is 0 Å². The highest BCUT2D eigenvalue weighted by molar-refractivity contribution is 6.35. The van der Waals surface area contributed by atoms with Crippen molar-refractivity contribution in [2.45, 2.75) is 13.0 Å². The average Bonchev–Trinajstić information content (AvgIpc) is 2.14. The van der Waals surface area contributed by atoms with E-state index in [-0.39, 0.29) is 12.6 Å². The Morgan fingerprint density at radius 1 is 1.53 bits per heavy atom. The van der Waals surface area contributed by atoms with Gasteiger partial charge in [-0.2, -0.15) is 0 Å². The van der Waals surface area contributed by atoms with Crippen LogP contribution < -0.4 is 5.32 Å². The number of rotatable bonds is 4. The maximum Gasteiger partial charge on any atom is 0.317 e. The molecule has 0 bridgehead atoms. The summed E-state index contributed by atoms with van der Waals surface area (Å²) in [5.74, 6) is -0.896. The van der Waals surface area contributed by atoms with Crippen LogP contribution in [0, 0.1) is 0 Å². The monoisotopic (exact) mass is 247 g/mol. The zero-order valence-electron chi connectivity index (χ0n) is 8.13. The van der Waals surface area contributed by atoms with Crippen LogP contribution in [-0.2, 0) is 4.79 Å². The number of carboxylic acid groups (broad SMARTS) is 1. The number of hydrogen-bond donors (Lipinski definition) is 2. The van der Waals surface area contributed by atoms with Crippen molar-refractivity contribution in [2.75, 3.05) is 6.54 Å². The molecule has 0 saturated heterocycles. The van der Waals surface area contributed by atoms with Gasteiger partial charge >= 0.3 is 5.97 Å². The van der Waals surface area contributed by atoms with Crippen LogP contribution in [-0.4, -0.2) is 17.6 Å². The Balaban J connectivity index is 2.73. The first-order chi connectivity index (χ1) is 7.00. The van der Waals surface area contributed by atoms with Crippen LogP contribution in [0.25, 0.3) is 0 Å². The van der Waals surface area contributed by atoms with Gasteiger partial charge in [0.05, 0.1) is 6.54 Å². The van der Waals surface area contributed by atoms with Crippen molar-refractivity contribution in [3.63, 3.8) is 0 Å². The van der Waals surface area contributed by atoms with E-state index in [1.807, 2.05) is 6.92 Å². The Labute approximate surface area is 98.0 Å². The molecule has 0 amide bonds. The summed E-state index contributed by atoms with van der Waals surface area (Å²) in [7, 11) is 0. The zero-order chi connectivity index (χ0) is 11.4. The van der Waals surface area contributed by atoms with E-state index in [1.165, 1.54) is 0 Å². The summed E-state index contributed by atoms with van der Waals surface area (Å²) in [4.78, 5) is 10.4. The summed E-state index contributed by atoms with van der Waals surface area (Å²) in [5, 5.41) is 12.4. The molecule has 1 rings (SSSR count). The molecule has 3 nitrogen and oxygen atoms in total. The quantitative estimate of drug-likeness (QED) is 0.861. The minimum absolute atomic E-state index is 0.0971. The Morgan fingerprint density at radius 3 is 2.73 bits per heavy atom. The first-order valence-corrected chi connectivity index (χ1v) is 5.16. The molecule has 0 fully saturated rings. The van der Waals surface area contributed by atoms with Crippen LogP contribution in [0.3, 0.4) is 0 Å². The number of carboxylic acids is 1. The molecule has 1 aromatic rings. The highest BCUT2D eigenvalue weighted by Gasteiger charge is 2.10. The second kappa shape index (κ2) is 5.35. The molecule has 0 aliphatic rings. The Bertz CT molecular complexity index is 368. The lowest BCUT2D eigenvalue weighted by molar-refractivity contribution is -0.136. The molecule has 0 aromatic heterocycles. The molecule has 0 aliphatic carbocycles. The van der Waals surface area contributed by atoms with Crippen molar-refractivity contribution in [3.8, 4) is 0 Å². The van der Waals surface area contributed by atoms with E-state index in [0.29, 0.717) is 10.0 Å². The fourth-order valence-corrected chi connectivity index (χ4v) is 1.78. The fraction of sp³-hybridized carbons (Fsp3) is 0.300. The minimum Gasteiger partial charge on any atom is -0.480 e. The molecular formula is C10H11Cl2NO2. The lowest BCUT2D eigenvalue weighted by Crippen LogP contribution is -2.25. The van der Waals surface area contributed by atoms with Gasteiger partial charge < -0.3 is 10.4 Å². The van der Waals surface area contributed by atoms with Gasteiger partial charge in [0.15, 0.2) is 0 Å². The van der Waals surface area contributed by atoms with Crippen LogP contribution in [0.15, 0.2) is 18.2 Å². The fourth-order valence-electron chi connectivity index (χ4n) is 1.20. The molecule has 82 valence electrons. The molecule has 0 saturated carbocycles. The molecule has 15 heavy (non-hydrogen) atoms. The predicted octanol–water partition coefficient (Wildman–Crippen LogP) is 2.73. The molecular weight excluding hydrogens is 237 g/mol. The number of benzene rings is 1. The largest absolute Gasteiger partial charge is 0.480 e. The zero-order valence-corrected chi connectivity index (χ0v) is 9.64. The van der Waals surface area contributed by atoms with Gasteiger partial charge in [-0.1, -0.05) is 29.3 Å². The van der Waals surface area contributed by atoms with Crippen molar-refractivity contribution in [1.82, 2.24) is 5.32 Å². The number of aliphatic carboxylic acids is 1. The van der Waals surface area contributed by atoms with Crippen molar-refractivity contribution in [3.05, 3.63) is 33.8 Å². The number of hydrogen-bond acceptors (Lipinski definition) is 2. The lowest BCUT2D eigenvalue weighted by atomic mass is 10.1. The Hall–Kier alpha value is -0.770. The minimum atomic E-state index is -0.896. The van der Waals surface area contributed by atoms with Gasteiger partial charge in [-0.15, -0.1) is 0 Å². The first-order valence-electron chi connectivity index (χ1n) is 4.41. The van der Waals surface area contributed by atoms with Gasteiger partial charge in [0.2, 0.25) is 0 Å². The molecule has 0 heterocycles. The van der Waals surface area contributed by atoms with Gasteiger partial charge in [0.25, 0.3) is 0 Å². The number of halogens is 2. The van der Waals surface area contributed by atoms with Crippen LogP contribution in [0.2, 0.25) is 10.0 Å². The third-order valence-electron chi connectivity index (χ3n) is 1.99.